The van der Waals surface area contributed by atoms with E-state index in [1.54, 1.807) is 36.5 Å². The Kier molecular flexibility index (Phi) is 6.00. The van der Waals surface area contributed by atoms with Crippen LogP contribution < -0.4 is 4.74 Å². The van der Waals surface area contributed by atoms with Crippen LogP contribution in [0.5, 0.6) is 5.88 Å². The smallest absolute Gasteiger partial charge is 0.261 e. The summed E-state index contributed by atoms with van der Waals surface area (Å²) in [6.07, 6.45) is 9.23. The topological polar surface area (TPSA) is 62.7 Å². The quantitative estimate of drug-likeness (QED) is 0.535. The van der Waals surface area contributed by atoms with Gasteiger partial charge >= 0.3 is 0 Å². The van der Waals surface area contributed by atoms with Crippen molar-refractivity contribution in [3.05, 3.63) is 71.4 Å². The molecule has 0 atom stereocenters. The van der Waals surface area contributed by atoms with Crippen molar-refractivity contribution in [1.29, 1.82) is 0 Å². The first-order chi connectivity index (χ1) is 14.2. The summed E-state index contributed by atoms with van der Waals surface area (Å²) in [5.41, 5.74) is 2.14. The molecule has 3 heterocycles. The maximum absolute atomic E-state index is 12.3. The van der Waals surface area contributed by atoms with Crippen LogP contribution in [0.15, 0.2) is 54.7 Å². The lowest BCUT2D eigenvalue weighted by Gasteiger charge is -2.26. The number of aromatic nitrogens is 1. The predicted octanol–water partition coefficient (Wildman–Crippen LogP) is 3.30. The molecule has 0 unspecified atom stereocenters. The summed E-state index contributed by atoms with van der Waals surface area (Å²) in [6.45, 7) is 3.80. The maximum Gasteiger partial charge on any atom is 0.261 e. The van der Waals surface area contributed by atoms with Crippen LogP contribution in [0.4, 0.5) is 0 Å². The lowest BCUT2D eigenvalue weighted by molar-refractivity contribution is 0.0671. The number of carbonyl (C=O) groups excluding carboxylic acids is 2. The van der Waals surface area contributed by atoms with Crippen molar-refractivity contribution in [1.82, 2.24) is 14.8 Å². The number of ether oxygens (including phenoxy) is 1. The molecule has 1 saturated heterocycles. The van der Waals surface area contributed by atoms with Crippen LogP contribution in [0.2, 0.25) is 0 Å². The highest BCUT2D eigenvalue weighted by Gasteiger charge is 2.34. The second-order valence-corrected chi connectivity index (χ2v) is 7.39. The number of likely N-dealkylation sites (tertiary alicyclic amines) is 1. The average Bonchev–Trinajstić information content (AvgIpc) is 2.99. The number of nitrogens with zero attached hydrogens (tertiary/aromatic N) is 3. The molecular formula is C23H25N3O3. The summed E-state index contributed by atoms with van der Waals surface area (Å²) in [5.74, 6) is 0.0939. The highest BCUT2D eigenvalue weighted by atomic mass is 16.5. The Morgan fingerprint density at radius 1 is 0.966 bits per heavy atom. The molecule has 4 rings (SSSR count). The highest BCUT2D eigenvalue weighted by Crippen LogP contribution is 2.22. The number of fused-ring (bicyclic) bond motifs is 1. The van der Waals surface area contributed by atoms with Gasteiger partial charge in [0.1, 0.15) is 6.61 Å². The molecule has 1 fully saturated rings. The lowest BCUT2D eigenvalue weighted by Crippen LogP contribution is -2.29. The predicted molar refractivity (Wildman–Crippen MR) is 110 cm³/mol. The number of hydrogen-bond acceptors (Lipinski definition) is 5. The van der Waals surface area contributed by atoms with Gasteiger partial charge in [0, 0.05) is 25.4 Å². The molecule has 0 saturated carbocycles. The fraction of sp³-hybridized carbons (Fsp3) is 0.348. The van der Waals surface area contributed by atoms with Gasteiger partial charge in [0.05, 0.1) is 11.1 Å². The number of rotatable bonds is 7. The molecular weight excluding hydrogens is 366 g/mol. The first kappa shape index (κ1) is 19.3. The number of piperidine rings is 1. The van der Waals surface area contributed by atoms with Crippen LogP contribution in [0.3, 0.4) is 0 Å². The Labute approximate surface area is 170 Å². The molecule has 150 valence electrons. The number of carbonyl (C=O) groups is 2. The second kappa shape index (κ2) is 9.01. The molecule has 2 amide bonds. The summed E-state index contributed by atoms with van der Waals surface area (Å²) < 4.78 is 5.71. The van der Waals surface area contributed by atoms with E-state index < -0.39 is 0 Å². The standard InChI is InChI=1S/C23H25N3O3/c27-22-19-8-2-3-9-20(19)23(28)26(22)14-6-7-15-29-21-16-18(10-11-24-21)17-25-12-4-1-5-13-25/h2-3,6-11,16H,1,4-5,12-15,17H2/b7-6-. The second-order valence-electron chi connectivity index (χ2n) is 7.39. The minimum absolute atomic E-state index is 0.234. The zero-order valence-corrected chi connectivity index (χ0v) is 16.4. The Bertz CT molecular complexity index is 884. The molecule has 0 bridgehead atoms. The first-order valence-electron chi connectivity index (χ1n) is 10.1. The lowest BCUT2D eigenvalue weighted by atomic mass is 10.1. The van der Waals surface area contributed by atoms with Gasteiger partial charge in [-0.2, -0.15) is 0 Å². The highest BCUT2D eigenvalue weighted by molar-refractivity contribution is 6.21. The van der Waals surface area contributed by atoms with E-state index in [4.69, 9.17) is 4.74 Å². The van der Waals surface area contributed by atoms with E-state index in [9.17, 15) is 9.59 Å². The van der Waals surface area contributed by atoms with Crippen molar-refractivity contribution in [2.24, 2.45) is 0 Å². The molecule has 0 N–H and O–H groups in total. The van der Waals surface area contributed by atoms with Gasteiger partial charge in [-0.15, -0.1) is 0 Å². The molecule has 2 aliphatic rings. The van der Waals surface area contributed by atoms with Gasteiger partial charge in [0.2, 0.25) is 5.88 Å². The van der Waals surface area contributed by atoms with E-state index >= 15 is 0 Å². The average molecular weight is 391 g/mol. The van der Waals surface area contributed by atoms with Gasteiger partial charge in [-0.25, -0.2) is 4.98 Å². The van der Waals surface area contributed by atoms with E-state index in [1.807, 2.05) is 18.2 Å². The van der Waals surface area contributed by atoms with E-state index in [0.717, 1.165) is 19.6 Å². The maximum atomic E-state index is 12.3. The monoisotopic (exact) mass is 391 g/mol. The Morgan fingerprint density at radius 2 is 1.69 bits per heavy atom. The molecule has 0 spiro atoms. The first-order valence-corrected chi connectivity index (χ1v) is 10.1. The van der Waals surface area contributed by atoms with E-state index in [0.29, 0.717) is 23.6 Å². The number of benzene rings is 1. The summed E-state index contributed by atoms with van der Waals surface area (Å²) in [7, 11) is 0. The van der Waals surface area contributed by atoms with Gasteiger partial charge in [0.15, 0.2) is 0 Å². The van der Waals surface area contributed by atoms with Crippen LogP contribution in [0.1, 0.15) is 45.5 Å². The molecule has 2 aromatic rings. The van der Waals surface area contributed by atoms with Crippen LogP contribution in [0, 0.1) is 0 Å². The van der Waals surface area contributed by atoms with E-state index in [1.165, 1.54) is 29.7 Å². The largest absolute Gasteiger partial charge is 0.473 e. The number of amides is 2. The minimum atomic E-state index is -0.247. The van der Waals surface area contributed by atoms with Gasteiger partial charge in [0.25, 0.3) is 11.8 Å². The number of pyridine rings is 1. The van der Waals surface area contributed by atoms with Crippen molar-refractivity contribution < 1.29 is 14.3 Å². The Morgan fingerprint density at radius 3 is 2.41 bits per heavy atom. The summed E-state index contributed by atoms with van der Waals surface area (Å²) >= 11 is 0. The third kappa shape index (κ3) is 4.54. The summed E-state index contributed by atoms with van der Waals surface area (Å²) in [4.78, 5) is 32.6. The van der Waals surface area contributed by atoms with E-state index in [2.05, 4.69) is 9.88 Å². The van der Waals surface area contributed by atoms with Crippen molar-refractivity contribution in [2.45, 2.75) is 25.8 Å². The Balaban J connectivity index is 1.26. The molecule has 1 aromatic heterocycles. The summed E-state index contributed by atoms with van der Waals surface area (Å²) in [5, 5.41) is 0. The molecule has 6 heteroatoms. The third-order valence-corrected chi connectivity index (χ3v) is 5.31. The van der Waals surface area contributed by atoms with Gasteiger partial charge in [-0.3, -0.25) is 19.4 Å². The number of imide groups is 1. The SMILES string of the molecule is O=C1c2ccccc2C(=O)N1C/C=C\COc1cc(CN2CCCCC2)ccn1. The minimum Gasteiger partial charge on any atom is -0.473 e. The zero-order chi connectivity index (χ0) is 20.1. The van der Waals surface area contributed by atoms with Crippen LogP contribution in [-0.2, 0) is 6.54 Å². The van der Waals surface area contributed by atoms with Crippen molar-refractivity contribution >= 4 is 11.8 Å². The van der Waals surface area contributed by atoms with Crippen molar-refractivity contribution in [3.63, 3.8) is 0 Å². The normalized spacial score (nSPS) is 17.2. The third-order valence-electron chi connectivity index (χ3n) is 5.31. The van der Waals surface area contributed by atoms with Gasteiger partial charge in [-0.1, -0.05) is 24.6 Å². The fourth-order valence-electron chi connectivity index (χ4n) is 3.79. The molecule has 0 radical (unpaired) electrons. The fourth-order valence-corrected chi connectivity index (χ4v) is 3.79. The van der Waals surface area contributed by atoms with Crippen molar-refractivity contribution in [3.8, 4) is 5.88 Å². The Hall–Kier alpha value is -2.99. The van der Waals surface area contributed by atoms with Crippen LogP contribution in [0.25, 0.3) is 0 Å². The molecule has 1 aromatic carbocycles. The van der Waals surface area contributed by atoms with Crippen LogP contribution in [-0.4, -0.2) is 52.8 Å². The molecule has 2 aliphatic heterocycles. The molecule has 0 aliphatic carbocycles. The summed E-state index contributed by atoms with van der Waals surface area (Å²) in [6, 6.07) is 10.9. The molecule has 29 heavy (non-hydrogen) atoms. The molecule has 6 nitrogen and oxygen atoms in total. The zero-order valence-electron chi connectivity index (χ0n) is 16.4. The number of hydrogen-bond donors (Lipinski definition) is 0. The van der Waals surface area contributed by atoms with E-state index in [-0.39, 0.29) is 18.4 Å². The van der Waals surface area contributed by atoms with Gasteiger partial charge in [-0.05, 0) is 55.8 Å². The van der Waals surface area contributed by atoms with Crippen LogP contribution >= 0.6 is 0 Å². The van der Waals surface area contributed by atoms with Crippen molar-refractivity contribution in [2.75, 3.05) is 26.2 Å². The van der Waals surface area contributed by atoms with Gasteiger partial charge < -0.3 is 4.74 Å².